The smallest absolute Gasteiger partial charge is 0.360 e. The van der Waals surface area contributed by atoms with Crippen LogP contribution >= 0.6 is 11.6 Å². The van der Waals surface area contributed by atoms with E-state index in [9.17, 15) is 4.79 Å². The second kappa shape index (κ2) is 6.12. The zero-order chi connectivity index (χ0) is 12.0. The second-order valence-corrected chi connectivity index (χ2v) is 3.17. The Labute approximate surface area is 98.8 Å². The summed E-state index contributed by atoms with van der Waals surface area (Å²) in [7, 11) is 2.66. The van der Waals surface area contributed by atoms with Gasteiger partial charge in [0.15, 0.2) is 5.71 Å². The molecule has 0 atom stereocenters. The Hall–Kier alpha value is -1.55. The summed E-state index contributed by atoms with van der Waals surface area (Å²) >= 11 is 5.78. The molecule has 16 heavy (non-hydrogen) atoms. The predicted octanol–water partition coefficient (Wildman–Crippen LogP) is 1.95. The summed E-state index contributed by atoms with van der Waals surface area (Å²) in [5.41, 5.74) is 1.53. The van der Waals surface area contributed by atoms with E-state index in [4.69, 9.17) is 11.6 Å². The summed E-state index contributed by atoms with van der Waals surface area (Å²) < 4.78 is 4.63. The van der Waals surface area contributed by atoms with Crippen molar-refractivity contribution in [3.05, 3.63) is 35.4 Å². The fourth-order valence-electron chi connectivity index (χ4n) is 1.25. The first-order chi connectivity index (χ1) is 7.74. The van der Waals surface area contributed by atoms with Gasteiger partial charge in [-0.05, 0) is 5.56 Å². The van der Waals surface area contributed by atoms with Gasteiger partial charge in [-0.2, -0.15) is 0 Å². The summed E-state index contributed by atoms with van der Waals surface area (Å²) in [6, 6.07) is 7.19. The van der Waals surface area contributed by atoms with Crippen LogP contribution in [0.1, 0.15) is 11.1 Å². The van der Waals surface area contributed by atoms with Crippen molar-refractivity contribution >= 4 is 23.3 Å². The Morgan fingerprint density at radius 1 is 1.38 bits per heavy atom. The lowest BCUT2D eigenvalue weighted by Gasteiger charge is -2.07. The number of rotatable bonds is 4. The number of methoxy groups -OCH3 is 1. The molecular weight excluding hydrogens is 230 g/mol. The monoisotopic (exact) mass is 241 g/mol. The van der Waals surface area contributed by atoms with E-state index in [2.05, 4.69) is 14.7 Å². The first-order valence-electron chi connectivity index (χ1n) is 4.58. The average Bonchev–Trinajstić information content (AvgIpc) is 2.35. The van der Waals surface area contributed by atoms with Crippen molar-refractivity contribution in [1.29, 1.82) is 0 Å². The van der Waals surface area contributed by atoms with Crippen LogP contribution in [0.15, 0.2) is 29.4 Å². The van der Waals surface area contributed by atoms with Crippen LogP contribution in [0.5, 0.6) is 0 Å². The van der Waals surface area contributed by atoms with E-state index in [1.165, 1.54) is 14.2 Å². The van der Waals surface area contributed by atoms with Gasteiger partial charge in [-0.3, -0.25) is 0 Å². The molecule has 0 amide bonds. The molecule has 1 aromatic carbocycles. The third-order valence-corrected chi connectivity index (χ3v) is 2.27. The Balaban J connectivity index is 3.21. The van der Waals surface area contributed by atoms with Crippen LogP contribution in [0.25, 0.3) is 0 Å². The standard InChI is InChI=1S/C11H12ClNO3/c1-15-11(14)10(13-16-2)9-6-4-3-5-8(9)7-12/h3-6H,7H2,1-2H3/b13-10-. The van der Waals surface area contributed by atoms with Gasteiger partial charge in [0.1, 0.15) is 7.11 Å². The van der Waals surface area contributed by atoms with Crippen molar-refractivity contribution in [2.24, 2.45) is 5.16 Å². The van der Waals surface area contributed by atoms with Gasteiger partial charge in [0, 0.05) is 11.4 Å². The van der Waals surface area contributed by atoms with Crippen LogP contribution in [-0.2, 0) is 20.2 Å². The molecule has 0 N–H and O–H groups in total. The van der Waals surface area contributed by atoms with Crippen molar-refractivity contribution in [3.8, 4) is 0 Å². The molecule has 0 aliphatic rings. The van der Waals surface area contributed by atoms with Crippen LogP contribution in [-0.4, -0.2) is 25.9 Å². The summed E-state index contributed by atoms with van der Waals surface area (Å²) in [6.45, 7) is 0. The maximum Gasteiger partial charge on any atom is 0.360 e. The highest BCUT2D eigenvalue weighted by Crippen LogP contribution is 2.13. The minimum absolute atomic E-state index is 0.112. The molecule has 1 rings (SSSR count). The summed E-state index contributed by atoms with van der Waals surface area (Å²) in [6.07, 6.45) is 0. The van der Waals surface area contributed by atoms with E-state index in [-0.39, 0.29) is 11.6 Å². The van der Waals surface area contributed by atoms with Crippen molar-refractivity contribution in [3.63, 3.8) is 0 Å². The van der Waals surface area contributed by atoms with Crippen LogP contribution in [0, 0.1) is 0 Å². The number of alkyl halides is 1. The Bertz CT molecular complexity index is 404. The third kappa shape index (κ3) is 2.73. The number of hydrogen-bond acceptors (Lipinski definition) is 4. The Morgan fingerprint density at radius 2 is 2.06 bits per heavy atom. The van der Waals surface area contributed by atoms with Gasteiger partial charge in [0.2, 0.25) is 0 Å². The molecule has 0 unspecified atom stereocenters. The van der Waals surface area contributed by atoms with Gasteiger partial charge in [0.25, 0.3) is 0 Å². The highest BCUT2D eigenvalue weighted by molar-refractivity contribution is 6.43. The Morgan fingerprint density at radius 3 is 2.62 bits per heavy atom. The van der Waals surface area contributed by atoms with E-state index in [1.807, 2.05) is 12.1 Å². The van der Waals surface area contributed by atoms with Gasteiger partial charge < -0.3 is 9.57 Å². The maximum absolute atomic E-state index is 11.5. The van der Waals surface area contributed by atoms with Crippen molar-refractivity contribution < 1.29 is 14.4 Å². The molecule has 0 fully saturated rings. The van der Waals surface area contributed by atoms with E-state index in [0.717, 1.165) is 5.56 Å². The lowest BCUT2D eigenvalue weighted by molar-refractivity contribution is -0.132. The number of halogens is 1. The van der Waals surface area contributed by atoms with Crippen LogP contribution in [0.2, 0.25) is 0 Å². The number of benzene rings is 1. The molecule has 0 aliphatic carbocycles. The molecule has 5 heteroatoms. The first-order valence-corrected chi connectivity index (χ1v) is 5.11. The molecule has 0 heterocycles. The fourth-order valence-corrected chi connectivity index (χ4v) is 1.49. The van der Waals surface area contributed by atoms with Gasteiger partial charge in [0.05, 0.1) is 7.11 Å². The fraction of sp³-hybridized carbons (Fsp3) is 0.273. The number of ether oxygens (including phenoxy) is 1. The zero-order valence-electron chi connectivity index (χ0n) is 9.07. The molecule has 86 valence electrons. The van der Waals surface area contributed by atoms with Crippen LogP contribution < -0.4 is 0 Å². The van der Waals surface area contributed by atoms with E-state index >= 15 is 0 Å². The highest BCUT2D eigenvalue weighted by Gasteiger charge is 2.18. The quantitative estimate of drug-likeness (QED) is 0.350. The number of hydrogen-bond donors (Lipinski definition) is 0. The number of nitrogens with zero attached hydrogens (tertiary/aromatic N) is 1. The lowest BCUT2D eigenvalue weighted by Crippen LogP contribution is -2.19. The summed E-state index contributed by atoms with van der Waals surface area (Å²) in [4.78, 5) is 16.1. The molecule has 0 radical (unpaired) electrons. The van der Waals surface area contributed by atoms with Crippen molar-refractivity contribution in [2.75, 3.05) is 14.2 Å². The highest BCUT2D eigenvalue weighted by atomic mass is 35.5. The normalized spacial score (nSPS) is 11.1. The number of carbonyl (C=O) groups is 1. The predicted molar refractivity (Wildman–Crippen MR) is 61.6 cm³/mol. The second-order valence-electron chi connectivity index (χ2n) is 2.90. The topological polar surface area (TPSA) is 47.9 Å². The summed E-state index contributed by atoms with van der Waals surface area (Å²) in [5, 5.41) is 3.66. The molecule has 0 aromatic heterocycles. The molecule has 4 nitrogen and oxygen atoms in total. The van der Waals surface area contributed by atoms with Gasteiger partial charge in [-0.1, -0.05) is 29.4 Å². The Kier molecular flexibility index (Phi) is 4.79. The molecular formula is C11H12ClNO3. The zero-order valence-corrected chi connectivity index (χ0v) is 9.82. The molecule has 0 spiro atoms. The van der Waals surface area contributed by atoms with Gasteiger partial charge >= 0.3 is 5.97 Å². The summed E-state index contributed by atoms with van der Waals surface area (Å²) in [5.74, 6) is -0.268. The van der Waals surface area contributed by atoms with Gasteiger partial charge in [-0.25, -0.2) is 4.79 Å². The minimum Gasteiger partial charge on any atom is -0.464 e. The molecule has 0 bridgehead atoms. The van der Waals surface area contributed by atoms with E-state index in [1.54, 1.807) is 12.1 Å². The number of oxime groups is 1. The van der Waals surface area contributed by atoms with Crippen LogP contribution in [0.4, 0.5) is 0 Å². The average molecular weight is 242 g/mol. The van der Waals surface area contributed by atoms with Crippen molar-refractivity contribution in [1.82, 2.24) is 0 Å². The van der Waals surface area contributed by atoms with Crippen molar-refractivity contribution in [2.45, 2.75) is 5.88 Å². The minimum atomic E-state index is -0.556. The maximum atomic E-state index is 11.5. The SMILES string of the molecule is CO/N=C(\C(=O)OC)c1ccccc1CCl. The number of carbonyl (C=O) groups excluding carboxylic acids is 1. The molecule has 0 saturated heterocycles. The molecule has 1 aromatic rings. The third-order valence-electron chi connectivity index (χ3n) is 1.98. The molecule has 0 saturated carbocycles. The van der Waals surface area contributed by atoms with Crippen LogP contribution in [0.3, 0.4) is 0 Å². The van der Waals surface area contributed by atoms with E-state index in [0.29, 0.717) is 5.56 Å². The largest absolute Gasteiger partial charge is 0.464 e. The number of esters is 1. The van der Waals surface area contributed by atoms with E-state index < -0.39 is 5.97 Å². The first kappa shape index (κ1) is 12.5. The lowest BCUT2D eigenvalue weighted by atomic mass is 10.0. The molecule has 0 aliphatic heterocycles. The van der Waals surface area contributed by atoms with Gasteiger partial charge in [-0.15, -0.1) is 11.6 Å².